The van der Waals surface area contributed by atoms with Crippen LogP contribution in [0.5, 0.6) is 0 Å². The van der Waals surface area contributed by atoms with Crippen molar-refractivity contribution in [3.05, 3.63) is 34.5 Å². The number of allylic oxidation sites excluding steroid dienone is 1. The van der Waals surface area contributed by atoms with Gasteiger partial charge in [-0.2, -0.15) is 0 Å². The Morgan fingerprint density at radius 1 is 1.38 bits per heavy atom. The molecule has 7 heteroatoms. The van der Waals surface area contributed by atoms with Gasteiger partial charge >= 0.3 is 5.97 Å². The lowest BCUT2D eigenvalue weighted by Gasteiger charge is -2.17. The van der Waals surface area contributed by atoms with E-state index in [9.17, 15) is 14.4 Å². The fourth-order valence-corrected chi connectivity index (χ4v) is 2.16. The minimum Gasteiger partial charge on any atom is -0.480 e. The summed E-state index contributed by atoms with van der Waals surface area (Å²) in [6, 6.07) is 1.57. The molecular formula is C14H18N2O4S. The number of amides is 2. The summed E-state index contributed by atoms with van der Waals surface area (Å²) < 4.78 is 0. The highest BCUT2D eigenvalue weighted by atomic mass is 32.1. The second-order valence-corrected chi connectivity index (χ2v) is 5.32. The molecule has 2 amide bonds. The Morgan fingerprint density at radius 3 is 2.62 bits per heavy atom. The number of hydrogen-bond acceptors (Lipinski definition) is 4. The Bertz CT molecular complexity index is 525. The first-order valence-electron chi connectivity index (χ1n) is 6.44. The van der Waals surface area contributed by atoms with Gasteiger partial charge in [0.05, 0.1) is 4.88 Å². The molecule has 0 aliphatic rings. The monoisotopic (exact) mass is 310 g/mol. The summed E-state index contributed by atoms with van der Waals surface area (Å²) in [7, 11) is 0. The molecule has 6 nitrogen and oxygen atoms in total. The number of nitrogens with one attached hydrogen (secondary N) is 2. The molecule has 0 aliphatic carbocycles. The first-order valence-corrected chi connectivity index (χ1v) is 7.32. The van der Waals surface area contributed by atoms with E-state index in [0.29, 0.717) is 4.88 Å². The Kier molecular flexibility index (Phi) is 6.61. The SMILES string of the molecule is C/C=C/CC(NC(=O)C(C)NC(=O)c1cccs1)C(=O)O. The molecule has 1 heterocycles. The van der Waals surface area contributed by atoms with E-state index in [-0.39, 0.29) is 12.3 Å². The number of carbonyl (C=O) groups excluding carboxylic acids is 2. The second kappa shape index (κ2) is 8.21. The van der Waals surface area contributed by atoms with Gasteiger partial charge in [-0.3, -0.25) is 9.59 Å². The van der Waals surface area contributed by atoms with E-state index in [1.165, 1.54) is 18.3 Å². The Hall–Kier alpha value is -2.15. The number of carboxylic acid groups (broad SMARTS) is 1. The lowest BCUT2D eigenvalue weighted by molar-refractivity contribution is -0.141. The molecule has 0 saturated heterocycles. The first kappa shape index (κ1) is 16.9. The minimum atomic E-state index is -1.11. The van der Waals surface area contributed by atoms with Crippen molar-refractivity contribution in [1.82, 2.24) is 10.6 Å². The van der Waals surface area contributed by atoms with Crippen LogP contribution in [-0.2, 0) is 9.59 Å². The van der Waals surface area contributed by atoms with Crippen molar-refractivity contribution in [2.75, 3.05) is 0 Å². The molecule has 3 N–H and O–H groups in total. The van der Waals surface area contributed by atoms with Crippen LogP contribution in [0, 0.1) is 0 Å². The van der Waals surface area contributed by atoms with E-state index in [1.807, 2.05) is 0 Å². The van der Waals surface area contributed by atoms with Gasteiger partial charge in [0.15, 0.2) is 0 Å². The molecule has 0 fully saturated rings. The number of aliphatic carboxylic acids is 1. The zero-order valence-corrected chi connectivity index (χ0v) is 12.6. The van der Waals surface area contributed by atoms with Gasteiger partial charge in [0.1, 0.15) is 12.1 Å². The first-order chi connectivity index (χ1) is 9.95. The van der Waals surface area contributed by atoms with Crippen LogP contribution in [0.1, 0.15) is 29.9 Å². The van der Waals surface area contributed by atoms with Crippen molar-refractivity contribution in [3.8, 4) is 0 Å². The largest absolute Gasteiger partial charge is 0.480 e. The van der Waals surface area contributed by atoms with Crippen molar-refractivity contribution < 1.29 is 19.5 Å². The van der Waals surface area contributed by atoms with Crippen LogP contribution in [0.3, 0.4) is 0 Å². The van der Waals surface area contributed by atoms with Crippen molar-refractivity contribution in [1.29, 1.82) is 0 Å². The maximum atomic E-state index is 11.9. The molecule has 0 bridgehead atoms. The van der Waals surface area contributed by atoms with Gasteiger partial charge in [0, 0.05) is 0 Å². The third-order valence-electron chi connectivity index (χ3n) is 2.71. The van der Waals surface area contributed by atoms with Gasteiger partial charge in [-0.15, -0.1) is 11.3 Å². The zero-order valence-electron chi connectivity index (χ0n) is 11.8. The van der Waals surface area contributed by atoms with E-state index in [4.69, 9.17) is 5.11 Å². The Morgan fingerprint density at radius 2 is 2.10 bits per heavy atom. The van der Waals surface area contributed by atoms with Crippen LogP contribution < -0.4 is 10.6 Å². The van der Waals surface area contributed by atoms with Crippen LogP contribution in [0.4, 0.5) is 0 Å². The number of thiophene rings is 1. The average Bonchev–Trinajstić information content (AvgIpc) is 2.96. The average molecular weight is 310 g/mol. The molecule has 21 heavy (non-hydrogen) atoms. The normalized spacial score (nSPS) is 13.6. The van der Waals surface area contributed by atoms with Crippen molar-refractivity contribution >= 4 is 29.1 Å². The number of hydrogen-bond donors (Lipinski definition) is 3. The molecule has 1 rings (SSSR count). The van der Waals surface area contributed by atoms with E-state index >= 15 is 0 Å². The summed E-state index contributed by atoms with van der Waals surface area (Å²) in [6.45, 7) is 3.28. The second-order valence-electron chi connectivity index (χ2n) is 4.38. The van der Waals surface area contributed by atoms with Gasteiger partial charge in [-0.1, -0.05) is 18.2 Å². The quantitative estimate of drug-likeness (QED) is 0.663. The van der Waals surface area contributed by atoms with E-state index in [1.54, 1.807) is 36.6 Å². The fraction of sp³-hybridized carbons (Fsp3) is 0.357. The highest BCUT2D eigenvalue weighted by Crippen LogP contribution is 2.08. The maximum absolute atomic E-state index is 11.9. The van der Waals surface area contributed by atoms with Crippen LogP contribution in [0.25, 0.3) is 0 Å². The molecule has 114 valence electrons. The van der Waals surface area contributed by atoms with E-state index in [0.717, 1.165) is 0 Å². The van der Waals surface area contributed by atoms with E-state index < -0.39 is 24.0 Å². The lowest BCUT2D eigenvalue weighted by Crippen LogP contribution is -2.50. The third-order valence-corrected chi connectivity index (χ3v) is 3.58. The predicted octanol–water partition coefficient (Wildman–Crippen LogP) is 1.40. The summed E-state index contributed by atoms with van der Waals surface area (Å²) in [6.07, 6.45) is 3.57. The van der Waals surface area contributed by atoms with E-state index in [2.05, 4.69) is 10.6 Å². The molecule has 2 unspecified atom stereocenters. The molecule has 2 atom stereocenters. The molecule has 0 spiro atoms. The summed E-state index contributed by atoms with van der Waals surface area (Å²) in [4.78, 5) is 35.3. The van der Waals surface area contributed by atoms with Crippen molar-refractivity contribution in [3.63, 3.8) is 0 Å². The number of carboxylic acids is 1. The number of carbonyl (C=O) groups is 3. The van der Waals surface area contributed by atoms with Gasteiger partial charge < -0.3 is 15.7 Å². The van der Waals surface area contributed by atoms with Crippen LogP contribution >= 0.6 is 11.3 Å². The van der Waals surface area contributed by atoms with Crippen molar-refractivity contribution in [2.24, 2.45) is 0 Å². The molecule has 0 aromatic carbocycles. The molecule has 0 aliphatic heterocycles. The van der Waals surface area contributed by atoms with Gasteiger partial charge in [-0.05, 0) is 31.7 Å². The summed E-state index contributed by atoms with van der Waals surface area (Å²) in [5.41, 5.74) is 0. The number of rotatable bonds is 7. The molecule has 0 saturated carbocycles. The smallest absolute Gasteiger partial charge is 0.326 e. The fourth-order valence-electron chi connectivity index (χ4n) is 1.53. The minimum absolute atomic E-state index is 0.198. The topological polar surface area (TPSA) is 95.5 Å². The van der Waals surface area contributed by atoms with Crippen molar-refractivity contribution in [2.45, 2.75) is 32.4 Å². The molecular weight excluding hydrogens is 292 g/mol. The summed E-state index contributed by atoms with van der Waals surface area (Å²) in [5.74, 6) is -2.00. The zero-order chi connectivity index (χ0) is 15.8. The van der Waals surface area contributed by atoms with Crippen LogP contribution in [0.15, 0.2) is 29.7 Å². The predicted molar refractivity (Wildman–Crippen MR) is 80.2 cm³/mol. The van der Waals surface area contributed by atoms with Gasteiger partial charge in [0.25, 0.3) is 5.91 Å². The molecule has 0 radical (unpaired) electrons. The summed E-state index contributed by atoms with van der Waals surface area (Å²) >= 11 is 1.27. The van der Waals surface area contributed by atoms with Gasteiger partial charge in [-0.25, -0.2) is 4.79 Å². The maximum Gasteiger partial charge on any atom is 0.326 e. The molecule has 1 aromatic rings. The highest BCUT2D eigenvalue weighted by Gasteiger charge is 2.23. The lowest BCUT2D eigenvalue weighted by atomic mass is 10.2. The highest BCUT2D eigenvalue weighted by molar-refractivity contribution is 7.12. The van der Waals surface area contributed by atoms with Gasteiger partial charge in [0.2, 0.25) is 5.91 Å². The van der Waals surface area contributed by atoms with Crippen LogP contribution in [-0.4, -0.2) is 35.0 Å². The Labute approximate surface area is 126 Å². The third kappa shape index (κ3) is 5.39. The standard InChI is InChI=1S/C14H18N2O4S/c1-3-4-6-10(14(19)20)16-12(17)9(2)15-13(18)11-7-5-8-21-11/h3-5,7-10H,6H2,1-2H3,(H,15,18)(H,16,17)(H,19,20)/b4-3+. The Balaban J connectivity index is 2.56. The summed E-state index contributed by atoms with van der Waals surface area (Å²) in [5, 5.41) is 15.7. The van der Waals surface area contributed by atoms with Crippen LogP contribution in [0.2, 0.25) is 0 Å². The molecule has 1 aromatic heterocycles.